The lowest BCUT2D eigenvalue weighted by molar-refractivity contribution is -0.242. The largest absolute Gasteiger partial charge is 0.461 e. The first-order valence-electron chi connectivity index (χ1n) is 10.3. The Hall–Kier alpha value is -1.74. The topological polar surface area (TPSA) is 101 Å². The highest BCUT2D eigenvalue weighted by atomic mass is 16.8. The van der Waals surface area contributed by atoms with Gasteiger partial charge in [-0.15, -0.1) is 0 Å². The van der Waals surface area contributed by atoms with E-state index in [-0.39, 0.29) is 37.4 Å². The van der Waals surface area contributed by atoms with Crippen LogP contribution in [0.4, 0.5) is 0 Å². The van der Waals surface area contributed by atoms with Crippen LogP contribution in [-0.2, 0) is 33.3 Å². The second-order valence-corrected chi connectivity index (χ2v) is 8.43. The Bertz CT molecular complexity index is 679. The summed E-state index contributed by atoms with van der Waals surface area (Å²) in [6.45, 7) is 7.44. The molecule has 2 aliphatic rings. The van der Waals surface area contributed by atoms with Gasteiger partial charge in [-0.05, 0) is 29.1 Å². The summed E-state index contributed by atoms with van der Waals surface area (Å²) < 4.78 is 28.1. The van der Waals surface area contributed by atoms with E-state index in [4.69, 9.17) is 23.7 Å². The molecule has 4 atom stereocenters. The molecule has 0 saturated heterocycles. The summed E-state index contributed by atoms with van der Waals surface area (Å²) >= 11 is 0. The van der Waals surface area contributed by atoms with Gasteiger partial charge in [0.25, 0.3) is 0 Å². The smallest absolute Gasteiger partial charge is 0.308 e. The van der Waals surface area contributed by atoms with Gasteiger partial charge < -0.3 is 28.8 Å². The molecule has 8 heteroatoms. The maximum atomic E-state index is 12.3. The number of aliphatic hydroxyl groups excluding tert-OH is 1. The van der Waals surface area contributed by atoms with Crippen LogP contribution < -0.4 is 0 Å². The van der Waals surface area contributed by atoms with E-state index < -0.39 is 30.6 Å². The van der Waals surface area contributed by atoms with Gasteiger partial charge in [-0.25, -0.2) is 0 Å². The zero-order chi connectivity index (χ0) is 22.4. The van der Waals surface area contributed by atoms with E-state index in [0.29, 0.717) is 17.6 Å². The van der Waals surface area contributed by atoms with Crippen LogP contribution in [0.25, 0.3) is 0 Å². The first kappa shape index (κ1) is 24.5. The van der Waals surface area contributed by atoms with Gasteiger partial charge in [-0.3, -0.25) is 9.59 Å². The van der Waals surface area contributed by atoms with Crippen LogP contribution in [0.3, 0.4) is 0 Å². The minimum absolute atomic E-state index is 0.0328. The van der Waals surface area contributed by atoms with Gasteiger partial charge in [0.1, 0.15) is 6.61 Å². The third-order valence-electron chi connectivity index (χ3n) is 5.03. The Morgan fingerprint density at radius 3 is 2.23 bits per heavy atom. The third kappa shape index (κ3) is 5.91. The van der Waals surface area contributed by atoms with E-state index in [0.717, 1.165) is 5.57 Å². The molecule has 0 aromatic carbocycles. The summed E-state index contributed by atoms with van der Waals surface area (Å²) in [4.78, 5) is 24.4. The summed E-state index contributed by atoms with van der Waals surface area (Å²) in [5, 5.41) is 9.88. The van der Waals surface area contributed by atoms with Gasteiger partial charge >= 0.3 is 11.9 Å². The van der Waals surface area contributed by atoms with Gasteiger partial charge in [-0.2, -0.15) is 0 Å². The summed E-state index contributed by atoms with van der Waals surface area (Å²) in [6.07, 6.45) is 0.0150. The van der Waals surface area contributed by atoms with Gasteiger partial charge in [0.05, 0.1) is 18.6 Å². The molecule has 0 spiro atoms. The van der Waals surface area contributed by atoms with Crippen molar-refractivity contribution < 1.29 is 38.4 Å². The highest BCUT2D eigenvalue weighted by molar-refractivity contribution is 5.70. The van der Waals surface area contributed by atoms with Crippen molar-refractivity contribution in [3.8, 4) is 0 Å². The molecule has 0 saturated carbocycles. The van der Waals surface area contributed by atoms with Gasteiger partial charge in [0, 0.05) is 32.6 Å². The van der Waals surface area contributed by atoms with E-state index >= 15 is 0 Å². The second-order valence-electron chi connectivity index (χ2n) is 8.43. The predicted molar refractivity (Wildman–Crippen MR) is 108 cm³/mol. The van der Waals surface area contributed by atoms with E-state index in [2.05, 4.69) is 0 Å². The Balaban J connectivity index is 2.34. The molecular formula is C22H34O8. The molecule has 0 unspecified atom stereocenters. The number of fused-ring (bicyclic) bond motifs is 1. The highest BCUT2D eigenvalue weighted by Gasteiger charge is 2.47. The lowest BCUT2D eigenvalue weighted by Gasteiger charge is -2.38. The van der Waals surface area contributed by atoms with Crippen LogP contribution in [0.5, 0.6) is 0 Å². The average Bonchev–Trinajstić information content (AvgIpc) is 3.04. The SMILES string of the molecule is CO[C@@H]1O[C@H](OC(=O)CC(C)C)[C@H]2C(CO)=C[C@H](OC)C2=C1COC(=O)CC(C)C. The quantitative estimate of drug-likeness (QED) is 0.420. The van der Waals surface area contributed by atoms with Gasteiger partial charge in [0.2, 0.25) is 6.29 Å². The van der Waals surface area contributed by atoms with Crippen LogP contribution in [0.15, 0.2) is 22.8 Å². The van der Waals surface area contributed by atoms with E-state index in [1.165, 1.54) is 7.11 Å². The van der Waals surface area contributed by atoms with Crippen molar-refractivity contribution >= 4 is 11.9 Å². The second kappa shape index (κ2) is 11.0. The molecule has 170 valence electrons. The van der Waals surface area contributed by atoms with E-state index in [9.17, 15) is 14.7 Å². The van der Waals surface area contributed by atoms with Crippen LogP contribution >= 0.6 is 0 Å². The normalized spacial score (nSPS) is 26.1. The molecule has 8 nitrogen and oxygen atoms in total. The molecule has 1 aliphatic carbocycles. The summed E-state index contributed by atoms with van der Waals surface area (Å²) in [5.74, 6) is -0.935. The van der Waals surface area contributed by atoms with Gasteiger partial charge in [0.15, 0.2) is 6.29 Å². The van der Waals surface area contributed by atoms with Crippen molar-refractivity contribution in [3.05, 3.63) is 22.8 Å². The van der Waals surface area contributed by atoms with Crippen molar-refractivity contribution in [1.29, 1.82) is 0 Å². The minimum Gasteiger partial charge on any atom is -0.461 e. The average molecular weight is 427 g/mol. The maximum absolute atomic E-state index is 12.3. The molecule has 0 radical (unpaired) electrons. The standard InChI is InChI=1S/C22H34O8/c1-12(2)7-17(24)28-11-15-20-16(26-5)9-14(10-23)19(20)22(30-21(15)27-6)29-18(25)8-13(3)4/h9,12-13,16,19,21-23H,7-8,10-11H2,1-6H3/t16-,19-,21+,22-/m0/s1. The molecule has 1 aliphatic heterocycles. The monoisotopic (exact) mass is 426 g/mol. The Kier molecular flexibility index (Phi) is 9.03. The molecule has 0 aromatic rings. The van der Waals surface area contributed by atoms with Crippen molar-refractivity contribution in [1.82, 2.24) is 0 Å². The minimum atomic E-state index is -0.968. The molecule has 0 aromatic heterocycles. The fourth-order valence-electron chi connectivity index (χ4n) is 3.74. The molecule has 1 N–H and O–H groups in total. The molecule has 30 heavy (non-hydrogen) atoms. The molecule has 0 fully saturated rings. The molecule has 1 heterocycles. The van der Waals surface area contributed by atoms with Crippen molar-refractivity contribution in [2.45, 2.75) is 59.2 Å². The number of carbonyl (C=O) groups is 2. The number of hydrogen-bond donors (Lipinski definition) is 1. The van der Waals surface area contributed by atoms with E-state index in [1.807, 2.05) is 27.7 Å². The first-order chi connectivity index (χ1) is 14.2. The lowest BCUT2D eigenvalue weighted by Crippen LogP contribution is -2.44. The zero-order valence-electron chi connectivity index (χ0n) is 18.7. The van der Waals surface area contributed by atoms with Crippen LogP contribution in [0.2, 0.25) is 0 Å². The van der Waals surface area contributed by atoms with Crippen LogP contribution in [-0.4, -0.2) is 63.2 Å². The maximum Gasteiger partial charge on any atom is 0.308 e. The first-order valence-corrected chi connectivity index (χ1v) is 10.3. The summed E-state index contributed by atoms with van der Waals surface area (Å²) in [5.41, 5.74) is 1.96. The van der Waals surface area contributed by atoms with E-state index in [1.54, 1.807) is 13.2 Å². The zero-order valence-corrected chi connectivity index (χ0v) is 18.7. The molecule has 0 bridgehead atoms. The summed E-state index contributed by atoms with van der Waals surface area (Å²) in [7, 11) is 3.01. The van der Waals surface area contributed by atoms with Crippen molar-refractivity contribution in [2.75, 3.05) is 27.4 Å². The predicted octanol–water partition coefficient (Wildman–Crippen LogP) is 2.35. The Labute approximate surface area is 178 Å². The summed E-state index contributed by atoms with van der Waals surface area (Å²) in [6, 6.07) is 0. The van der Waals surface area contributed by atoms with Crippen LogP contribution in [0, 0.1) is 17.8 Å². The molecular weight excluding hydrogens is 392 g/mol. The molecule has 2 rings (SSSR count). The number of hydrogen-bond acceptors (Lipinski definition) is 8. The van der Waals surface area contributed by atoms with Crippen LogP contribution in [0.1, 0.15) is 40.5 Å². The number of aliphatic hydroxyl groups is 1. The van der Waals surface area contributed by atoms with Crippen molar-refractivity contribution in [3.63, 3.8) is 0 Å². The Morgan fingerprint density at radius 2 is 1.70 bits per heavy atom. The fraction of sp³-hybridized carbons (Fsp3) is 0.727. The Morgan fingerprint density at radius 1 is 1.07 bits per heavy atom. The number of methoxy groups -OCH3 is 2. The van der Waals surface area contributed by atoms with Gasteiger partial charge in [-0.1, -0.05) is 27.7 Å². The molecule has 0 amide bonds. The highest BCUT2D eigenvalue weighted by Crippen LogP contribution is 2.44. The lowest BCUT2D eigenvalue weighted by atomic mass is 9.88. The number of esters is 2. The third-order valence-corrected chi connectivity index (χ3v) is 5.03. The van der Waals surface area contributed by atoms with Crippen molar-refractivity contribution in [2.24, 2.45) is 17.8 Å². The fourth-order valence-corrected chi connectivity index (χ4v) is 3.74. The number of carbonyl (C=O) groups excluding carboxylic acids is 2. The number of rotatable bonds is 10. The number of ether oxygens (including phenoxy) is 5.